The maximum absolute atomic E-state index is 13.1. The minimum Gasteiger partial charge on any atom is -0.211 e. The van der Waals surface area contributed by atoms with Gasteiger partial charge in [-0.3, -0.25) is 0 Å². The van der Waals surface area contributed by atoms with Crippen LogP contribution in [-0.4, -0.2) is 29.9 Å². The van der Waals surface area contributed by atoms with E-state index in [1.807, 2.05) is 0 Å². The molecule has 10 heteroatoms. The second-order valence-electron chi connectivity index (χ2n) is 7.03. The summed E-state index contributed by atoms with van der Waals surface area (Å²) in [5, 5.41) is 0. The number of nitrogens with one attached hydrogen (secondary N) is 2. The van der Waals surface area contributed by atoms with Gasteiger partial charge in [-0.15, -0.1) is 0 Å². The molecule has 0 saturated heterocycles. The predicted molar refractivity (Wildman–Crippen MR) is 111 cm³/mol. The van der Waals surface area contributed by atoms with Gasteiger partial charge in [-0.25, -0.2) is 35.1 Å². The number of sulfonamides is 2. The van der Waals surface area contributed by atoms with Gasteiger partial charge in [0.2, 0.25) is 20.0 Å². The molecule has 0 amide bonds. The van der Waals surface area contributed by atoms with Gasteiger partial charge in [0.15, 0.2) is 0 Å². The van der Waals surface area contributed by atoms with Crippen molar-refractivity contribution in [3.05, 3.63) is 59.2 Å². The van der Waals surface area contributed by atoms with E-state index in [-0.39, 0.29) is 22.9 Å². The van der Waals surface area contributed by atoms with Crippen LogP contribution in [0.2, 0.25) is 0 Å². The second kappa shape index (κ2) is 10.4. The van der Waals surface area contributed by atoms with E-state index in [1.165, 1.54) is 38.1 Å². The van der Waals surface area contributed by atoms with Crippen molar-refractivity contribution < 1.29 is 25.6 Å². The van der Waals surface area contributed by atoms with Crippen LogP contribution < -0.4 is 9.44 Å². The van der Waals surface area contributed by atoms with Gasteiger partial charge < -0.3 is 0 Å². The lowest BCUT2D eigenvalue weighted by Crippen LogP contribution is -2.26. The lowest BCUT2D eigenvalue weighted by atomic mass is 10.2. The fourth-order valence-corrected chi connectivity index (χ4v) is 5.60. The Morgan fingerprint density at radius 1 is 0.667 bits per heavy atom. The van der Waals surface area contributed by atoms with Gasteiger partial charge in [0, 0.05) is 13.1 Å². The Kier molecular flexibility index (Phi) is 8.48. The summed E-state index contributed by atoms with van der Waals surface area (Å²) < 4.78 is 80.3. The first-order chi connectivity index (χ1) is 14.0. The summed E-state index contributed by atoms with van der Waals surface area (Å²) in [5.41, 5.74) is 0.678. The van der Waals surface area contributed by atoms with Gasteiger partial charge >= 0.3 is 0 Å². The van der Waals surface area contributed by atoms with E-state index in [4.69, 9.17) is 0 Å². The molecule has 0 bridgehead atoms. The highest BCUT2D eigenvalue weighted by molar-refractivity contribution is 7.89. The summed E-state index contributed by atoms with van der Waals surface area (Å²) in [7, 11) is -7.39. The van der Waals surface area contributed by atoms with Crippen LogP contribution in [0.1, 0.15) is 36.8 Å². The molecular weight excluding hydrogens is 434 g/mol. The third-order valence-corrected chi connectivity index (χ3v) is 7.78. The number of aryl methyl sites for hydroxylation is 2. The van der Waals surface area contributed by atoms with Crippen molar-refractivity contribution >= 4 is 20.0 Å². The van der Waals surface area contributed by atoms with Gasteiger partial charge in [0.1, 0.15) is 11.6 Å². The van der Waals surface area contributed by atoms with Crippen LogP contribution in [0.25, 0.3) is 0 Å². The first-order valence-corrected chi connectivity index (χ1v) is 12.5. The number of rotatable bonds is 11. The number of unbranched alkanes of at least 4 members (excludes halogenated alkanes) is 3. The van der Waals surface area contributed by atoms with Gasteiger partial charge in [-0.2, -0.15) is 0 Å². The molecule has 0 aliphatic heterocycles. The topological polar surface area (TPSA) is 92.3 Å². The van der Waals surface area contributed by atoms with Crippen molar-refractivity contribution in [1.82, 2.24) is 9.44 Å². The quantitative estimate of drug-likeness (QED) is 0.503. The van der Waals surface area contributed by atoms with Crippen molar-refractivity contribution in [1.29, 1.82) is 0 Å². The molecule has 2 rings (SSSR count). The van der Waals surface area contributed by atoms with E-state index in [2.05, 4.69) is 9.44 Å². The van der Waals surface area contributed by atoms with Gasteiger partial charge in [0.25, 0.3) is 0 Å². The second-order valence-corrected chi connectivity index (χ2v) is 10.5. The first-order valence-electron chi connectivity index (χ1n) is 9.54. The third-order valence-electron chi connectivity index (χ3n) is 4.54. The zero-order valence-corrected chi connectivity index (χ0v) is 18.5. The standard InChI is InChI=1S/C20H26F2N2O4S2/c1-15-13-17(21)7-9-19(15)29(25,26)23-11-5-3-4-6-12-24-30(27,28)20-10-8-18(22)14-16(20)2/h7-10,13-14,23-24H,3-6,11-12H2,1-2H3. The highest BCUT2D eigenvalue weighted by Gasteiger charge is 2.17. The maximum atomic E-state index is 13.1. The molecular formula is C20H26F2N2O4S2. The van der Waals surface area contributed by atoms with Crippen LogP contribution in [0.4, 0.5) is 8.78 Å². The Morgan fingerprint density at radius 3 is 1.37 bits per heavy atom. The Bertz CT molecular complexity index is 1000. The van der Waals surface area contributed by atoms with Crippen LogP contribution in [0, 0.1) is 25.5 Å². The van der Waals surface area contributed by atoms with Gasteiger partial charge in [0.05, 0.1) is 9.79 Å². The van der Waals surface area contributed by atoms with E-state index >= 15 is 0 Å². The van der Waals surface area contributed by atoms with Crippen molar-refractivity contribution in [2.45, 2.75) is 49.3 Å². The molecule has 0 saturated carbocycles. The minimum atomic E-state index is -3.70. The lowest BCUT2D eigenvalue weighted by Gasteiger charge is -2.10. The number of halogens is 2. The smallest absolute Gasteiger partial charge is 0.211 e. The molecule has 0 radical (unpaired) electrons. The summed E-state index contributed by atoms with van der Waals surface area (Å²) in [6.07, 6.45) is 2.59. The monoisotopic (exact) mass is 460 g/mol. The number of hydrogen-bond acceptors (Lipinski definition) is 4. The van der Waals surface area contributed by atoms with Crippen molar-refractivity contribution in [2.75, 3.05) is 13.1 Å². The largest absolute Gasteiger partial charge is 0.240 e. The Labute approximate surface area is 176 Å². The molecule has 0 aliphatic rings. The van der Waals surface area contributed by atoms with E-state index in [0.717, 1.165) is 12.1 Å². The number of benzene rings is 2. The zero-order chi connectivity index (χ0) is 22.4. The average Bonchev–Trinajstić information content (AvgIpc) is 2.63. The number of hydrogen-bond donors (Lipinski definition) is 2. The predicted octanol–water partition coefficient (Wildman–Crippen LogP) is 3.40. The van der Waals surface area contributed by atoms with E-state index < -0.39 is 31.7 Å². The van der Waals surface area contributed by atoms with Crippen LogP contribution in [0.5, 0.6) is 0 Å². The maximum Gasteiger partial charge on any atom is 0.240 e. The molecule has 2 aromatic carbocycles. The van der Waals surface area contributed by atoms with Crippen molar-refractivity contribution in [3.63, 3.8) is 0 Å². The molecule has 6 nitrogen and oxygen atoms in total. The highest BCUT2D eigenvalue weighted by Crippen LogP contribution is 2.17. The average molecular weight is 461 g/mol. The summed E-state index contributed by atoms with van der Waals surface area (Å²) in [6.45, 7) is 3.54. The SMILES string of the molecule is Cc1cc(F)ccc1S(=O)(=O)NCCCCCCNS(=O)(=O)c1ccc(F)cc1C. The molecule has 0 atom stereocenters. The molecule has 2 aromatic rings. The molecule has 0 heterocycles. The molecule has 166 valence electrons. The molecule has 2 N–H and O–H groups in total. The third kappa shape index (κ3) is 6.83. The molecule has 30 heavy (non-hydrogen) atoms. The van der Waals surface area contributed by atoms with E-state index in [1.54, 1.807) is 0 Å². The lowest BCUT2D eigenvalue weighted by molar-refractivity contribution is 0.561. The fraction of sp³-hybridized carbons (Fsp3) is 0.400. The summed E-state index contributed by atoms with van der Waals surface area (Å²) in [6, 6.07) is 7.03. The molecule has 0 fully saturated rings. The molecule has 0 aliphatic carbocycles. The minimum absolute atomic E-state index is 0.0504. The normalized spacial score (nSPS) is 12.3. The summed E-state index contributed by atoms with van der Waals surface area (Å²) >= 11 is 0. The Morgan fingerprint density at radius 2 is 1.03 bits per heavy atom. The van der Waals surface area contributed by atoms with Crippen LogP contribution >= 0.6 is 0 Å². The van der Waals surface area contributed by atoms with Crippen molar-refractivity contribution in [2.24, 2.45) is 0 Å². The fourth-order valence-electron chi connectivity index (χ4n) is 3.00. The van der Waals surface area contributed by atoms with E-state index in [0.29, 0.717) is 36.8 Å². The van der Waals surface area contributed by atoms with E-state index in [9.17, 15) is 25.6 Å². The molecule has 0 spiro atoms. The Balaban J connectivity index is 1.69. The Hall–Kier alpha value is -1.88. The highest BCUT2D eigenvalue weighted by atomic mass is 32.2. The molecule has 0 unspecified atom stereocenters. The summed E-state index contributed by atoms with van der Waals surface area (Å²) in [5.74, 6) is -0.978. The van der Waals surface area contributed by atoms with Crippen LogP contribution in [0.15, 0.2) is 46.2 Å². The molecule has 0 aromatic heterocycles. The first kappa shape index (κ1) is 24.4. The van der Waals surface area contributed by atoms with Gasteiger partial charge in [-0.05, 0) is 74.2 Å². The van der Waals surface area contributed by atoms with Crippen LogP contribution in [0.3, 0.4) is 0 Å². The van der Waals surface area contributed by atoms with Crippen LogP contribution in [-0.2, 0) is 20.0 Å². The summed E-state index contributed by atoms with van der Waals surface area (Å²) in [4.78, 5) is 0.101. The van der Waals surface area contributed by atoms with Gasteiger partial charge in [-0.1, -0.05) is 12.8 Å². The zero-order valence-electron chi connectivity index (χ0n) is 16.9. The van der Waals surface area contributed by atoms with Crippen molar-refractivity contribution in [3.8, 4) is 0 Å².